The number of halogens is 1. The molecule has 0 spiro atoms. The predicted molar refractivity (Wildman–Crippen MR) is 36.4 cm³/mol. The molecule has 1 radical (unpaired) electrons. The zero-order valence-corrected chi connectivity index (χ0v) is 5.85. The van der Waals surface area contributed by atoms with Crippen LogP contribution in [-0.2, 0) is 0 Å². The zero-order valence-electron chi connectivity index (χ0n) is 4.26. The van der Waals surface area contributed by atoms with E-state index in [-0.39, 0.29) is 0 Å². The van der Waals surface area contributed by atoms with Crippen molar-refractivity contribution in [3.63, 3.8) is 0 Å². The van der Waals surface area contributed by atoms with Gasteiger partial charge in [0.25, 0.3) is 0 Å². The molecule has 0 unspecified atom stereocenters. The highest BCUT2D eigenvalue weighted by molar-refractivity contribution is 9.10. The summed E-state index contributed by atoms with van der Waals surface area (Å²) in [6, 6.07) is 1.91. The molecule has 0 atom stereocenters. The Kier molecular flexibility index (Phi) is 1.63. The molecule has 1 nitrogen and oxygen atoms in total. The molecule has 0 saturated heterocycles. The molecule has 0 aliphatic heterocycles. The van der Waals surface area contributed by atoms with Crippen molar-refractivity contribution < 1.29 is 0 Å². The summed E-state index contributed by atoms with van der Waals surface area (Å²) in [5.74, 6) is 0. The van der Waals surface area contributed by atoms with Crippen LogP contribution in [0, 0.1) is 6.92 Å². The first-order valence-corrected chi connectivity index (χ1v) is 3.01. The third-order valence-electron chi connectivity index (χ3n) is 0.762. The van der Waals surface area contributed by atoms with Gasteiger partial charge in [0.05, 0.1) is 0 Å². The summed E-state index contributed by atoms with van der Waals surface area (Å²) in [7, 11) is 0. The second-order valence-electron chi connectivity index (χ2n) is 1.51. The molecular formula is C6H5BrN. The first kappa shape index (κ1) is 5.76. The summed E-state index contributed by atoms with van der Waals surface area (Å²) in [6.45, 7) is 3.69. The molecule has 0 bridgehead atoms. The fourth-order valence-corrected chi connectivity index (χ4v) is 0.868. The van der Waals surface area contributed by atoms with Crippen molar-refractivity contribution in [2.24, 2.45) is 0 Å². The van der Waals surface area contributed by atoms with Gasteiger partial charge in [0, 0.05) is 16.9 Å². The van der Waals surface area contributed by atoms with Crippen LogP contribution in [0.2, 0.25) is 0 Å². The highest BCUT2D eigenvalue weighted by atomic mass is 79.9. The molecule has 41 valence electrons. The minimum absolute atomic E-state index is 0.930. The molecule has 1 aromatic heterocycles. The lowest BCUT2D eigenvalue weighted by molar-refractivity contribution is 1.29. The number of aromatic nitrogens is 1. The zero-order chi connectivity index (χ0) is 5.98. The fourth-order valence-electron chi connectivity index (χ4n) is 0.456. The van der Waals surface area contributed by atoms with E-state index in [1.54, 1.807) is 12.4 Å². The number of nitrogens with zero attached hydrogens (tertiary/aromatic N) is 1. The van der Waals surface area contributed by atoms with Crippen molar-refractivity contribution in [2.75, 3.05) is 0 Å². The van der Waals surface area contributed by atoms with E-state index in [0.717, 1.165) is 10.0 Å². The standard InChI is InChI=1S/C6H5BrN/c1-5-2-6(7)4-8-3-5/h2-4H,1H2. The third kappa shape index (κ3) is 1.30. The van der Waals surface area contributed by atoms with Crippen molar-refractivity contribution >= 4 is 15.9 Å². The average molecular weight is 171 g/mol. The summed E-state index contributed by atoms with van der Waals surface area (Å²) < 4.78 is 0.977. The first-order chi connectivity index (χ1) is 3.79. The van der Waals surface area contributed by atoms with Gasteiger partial charge in [-0.3, -0.25) is 4.98 Å². The van der Waals surface area contributed by atoms with E-state index in [9.17, 15) is 0 Å². The first-order valence-electron chi connectivity index (χ1n) is 2.21. The van der Waals surface area contributed by atoms with E-state index in [1.165, 1.54) is 0 Å². The Bertz CT molecular complexity index is 168. The number of hydrogen-bond acceptors (Lipinski definition) is 1. The molecule has 0 N–H and O–H groups in total. The second kappa shape index (κ2) is 2.27. The summed E-state index contributed by atoms with van der Waals surface area (Å²) >= 11 is 3.26. The van der Waals surface area contributed by atoms with Crippen LogP contribution in [0.15, 0.2) is 22.9 Å². The van der Waals surface area contributed by atoms with Crippen LogP contribution in [0.4, 0.5) is 0 Å². The Labute approximate surface area is 56.9 Å². The van der Waals surface area contributed by atoms with Gasteiger partial charge in [-0.15, -0.1) is 0 Å². The SMILES string of the molecule is [CH2]c1cncc(Br)c1. The summed E-state index contributed by atoms with van der Waals surface area (Å²) in [5, 5.41) is 0. The average Bonchev–Trinajstić information content (AvgIpc) is 1.64. The van der Waals surface area contributed by atoms with Crippen LogP contribution in [0.25, 0.3) is 0 Å². The molecule has 0 aliphatic carbocycles. The molecular weight excluding hydrogens is 166 g/mol. The van der Waals surface area contributed by atoms with E-state index in [1.807, 2.05) is 6.07 Å². The van der Waals surface area contributed by atoms with E-state index >= 15 is 0 Å². The molecule has 0 saturated carbocycles. The molecule has 0 amide bonds. The molecule has 1 rings (SSSR count). The Balaban J connectivity index is 3.08. The van der Waals surface area contributed by atoms with Gasteiger partial charge in [0.2, 0.25) is 0 Å². The summed E-state index contributed by atoms with van der Waals surface area (Å²) in [4.78, 5) is 3.87. The monoisotopic (exact) mass is 170 g/mol. The smallest absolute Gasteiger partial charge is 0.0410 e. The van der Waals surface area contributed by atoms with Crippen molar-refractivity contribution in [2.45, 2.75) is 0 Å². The Morgan fingerprint density at radius 3 is 2.62 bits per heavy atom. The van der Waals surface area contributed by atoms with Gasteiger partial charge in [-0.05, 0) is 34.5 Å². The summed E-state index contributed by atoms with van der Waals surface area (Å²) in [6.07, 6.45) is 3.44. The highest BCUT2D eigenvalue weighted by Gasteiger charge is 1.83. The van der Waals surface area contributed by atoms with Crippen LogP contribution >= 0.6 is 15.9 Å². The minimum Gasteiger partial charge on any atom is -0.263 e. The molecule has 8 heavy (non-hydrogen) atoms. The van der Waals surface area contributed by atoms with Crippen molar-refractivity contribution in [1.29, 1.82) is 0 Å². The van der Waals surface area contributed by atoms with Gasteiger partial charge in [-0.25, -0.2) is 0 Å². The number of rotatable bonds is 0. The lowest BCUT2D eigenvalue weighted by Crippen LogP contribution is -1.73. The molecule has 1 heterocycles. The summed E-state index contributed by atoms with van der Waals surface area (Å²) in [5.41, 5.74) is 0.930. The second-order valence-corrected chi connectivity index (χ2v) is 2.43. The Hall–Kier alpha value is -0.370. The molecule has 0 aliphatic rings. The van der Waals surface area contributed by atoms with Crippen molar-refractivity contribution in [3.8, 4) is 0 Å². The third-order valence-corrected chi connectivity index (χ3v) is 1.20. The molecule has 2 heteroatoms. The minimum atomic E-state index is 0.930. The molecule has 0 aromatic carbocycles. The molecule has 0 fully saturated rings. The van der Waals surface area contributed by atoms with Crippen molar-refractivity contribution in [1.82, 2.24) is 4.98 Å². The van der Waals surface area contributed by atoms with Gasteiger partial charge in [0.15, 0.2) is 0 Å². The fraction of sp³-hybridized carbons (Fsp3) is 0. The van der Waals surface area contributed by atoms with Crippen molar-refractivity contribution in [3.05, 3.63) is 35.4 Å². The van der Waals surface area contributed by atoms with E-state index in [4.69, 9.17) is 0 Å². The van der Waals surface area contributed by atoms with Gasteiger partial charge >= 0.3 is 0 Å². The van der Waals surface area contributed by atoms with E-state index < -0.39 is 0 Å². The maximum Gasteiger partial charge on any atom is 0.0410 e. The predicted octanol–water partition coefficient (Wildman–Crippen LogP) is 2.03. The Morgan fingerprint density at radius 1 is 1.50 bits per heavy atom. The Morgan fingerprint density at radius 2 is 2.25 bits per heavy atom. The van der Waals surface area contributed by atoms with Gasteiger partial charge in [-0.2, -0.15) is 0 Å². The van der Waals surface area contributed by atoms with Crippen LogP contribution in [0.1, 0.15) is 5.56 Å². The number of pyridine rings is 1. The van der Waals surface area contributed by atoms with Gasteiger partial charge < -0.3 is 0 Å². The van der Waals surface area contributed by atoms with Crippen LogP contribution in [0.5, 0.6) is 0 Å². The normalized spacial score (nSPS) is 9.25. The van der Waals surface area contributed by atoms with Crippen LogP contribution in [0.3, 0.4) is 0 Å². The maximum atomic E-state index is 3.87. The number of hydrogen-bond donors (Lipinski definition) is 0. The largest absolute Gasteiger partial charge is 0.263 e. The lowest BCUT2D eigenvalue weighted by atomic mass is 10.3. The highest BCUT2D eigenvalue weighted by Crippen LogP contribution is 2.07. The van der Waals surface area contributed by atoms with Crippen LogP contribution in [-0.4, -0.2) is 4.98 Å². The van der Waals surface area contributed by atoms with Gasteiger partial charge in [0.1, 0.15) is 0 Å². The van der Waals surface area contributed by atoms with E-state index in [2.05, 4.69) is 27.8 Å². The maximum absolute atomic E-state index is 3.87. The van der Waals surface area contributed by atoms with E-state index in [0.29, 0.717) is 0 Å². The van der Waals surface area contributed by atoms with Gasteiger partial charge in [-0.1, -0.05) is 0 Å². The van der Waals surface area contributed by atoms with Crippen LogP contribution < -0.4 is 0 Å². The quantitative estimate of drug-likeness (QED) is 0.581. The topological polar surface area (TPSA) is 12.9 Å². The lowest BCUT2D eigenvalue weighted by Gasteiger charge is -1.88. The molecule has 1 aromatic rings.